The van der Waals surface area contributed by atoms with Gasteiger partial charge in [0.2, 0.25) is 0 Å². The van der Waals surface area contributed by atoms with Crippen LogP contribution in [0.2, 0.25) is 13.1 Å². The first-order valence-electron chi connectivity index (χ1n) is 6.65. The van der Waals surface area contributed by atoms with Crippen molar-refractivity contribution in [3.05, 3.63) is 35.9 Å². The van der Waals surface area contributed by atoms with Gasteiger partial charge in [0.1, 0.15) is 0 Å². The lowest BCUT2D eigenvalue weighted by Gasteiger charge is -2.23. The lowest BCUT2D eigenvalue weighted by molar-refractivity contribution is -0.135. The van der Waals surface area contributed by atoms with Crippen LogP contribution in [0.25, 0.3) is 0 Å². The van der Waals surface area contributed by atoms with Gasteiger partial charge in [-0.2, -0.15) is 0 Å². The van der Waals surface area contributed by atoms with Gasteiger partial charge in [-0.05, 0) is 31.0 Å². The average molecular weight is 264 g/mol. The van der Waals surface area contributed by atoms with Crippen molar-refractivity contribution in [2.75, 3.05) is 0 Å². The standard InChI is InChI=1S/C15H24O2Si/c1-13(2)10-11-15(16)17-18(3,4)12-14-8-6-5-7-9-14/h5-9,13H,10-12H2,1-4H3. The minimum Gasteiger partial charge on any atom is -0.519 e. The molecule has 0 aromatic heterocycles. The Balaban J connectivity index is 2.46. The van der Waals surface area contributed by atoms with Crippen molar-refractivity contribution in [2.45, 2.75) is 45.8 Å². The summed E-state index contributed by atoms with van der Waals surface area (Å²) < 4.78 is 5.69. The monoisotopic (exact) mass is 264 g/mol. The molecule has 1 rings (SSSR count). The zero-order valence-corrected chi connectivity index (χ0v) is 12.9. The Morgan fingerprint density at radius 1 is 1.22 bits per heavy atom. The largest absolute Gasteiger partial charge is 0.519 e. The summed E-state index contributed by atoms with van der Waals surface area (Å²) in [5.41, 5.74) is 1.26. The fourth-order valence-electron chi connectivity index (χ4n) is 1.89. The molecule has 0 radical (unpaired) electrons. The molecule has 1 aromatic rings. The molecule has 0 fully saturated rings. The van der Waals surface area contributed by atoms with Crippen LogP contribution >= 0.6 is 0 Å². The normalized spacial score (nSPS) is 11.6. The predicted molar refractivity (Wildman–Crippen MR) is 77.8 cm³/mol. The predicted octanol–water partition coefficient (Wildman–Crippen LogP) is 3.95. The Morgan fingerprint density at radius 2 is 1.83 bits per heavy atom. The smallest absolute Gasteiger partial charge is 0.292 e. The first kappa shape index (κ1) is 15.0. The van der Waals surface area contributed by atoms with Gasteiger partial charge in [-0.1, -0.05) is 44.2 Å². The van der Waals surface area contributed by atoms with E-state index in [1.807, 2.05) is 18.2 Å². The number of carbonyl (C=O) groups is 1. The van der Waals surface area contributed by atoms with Crippen molar-refractivity contribution in [3.8, 4) is 0 Å². The zero-order valence-electron chi connectivity index (χ0n) is 11.9. The van der Waals surface area contributed by atoms with Gasteiger partial charge in [0.05, 0.1) is 0 Å². The van der Waals surface area contributed by atoms with Crippen LogP contribution in [0, 0.1) is 5.92 Å². The first-order valence-corrected chi connectivity index (χ1v) is 9.76. The van der Waals surface area contributed by atoms with E-state index in [2.05, 4.69) is 39.1 Å². The van der Waals surface area contributed by atoms with Crippen LogP contribution in [0.4, 0.5) is 0 Å². The molecule has 0 saturated heterocycles. The third-order valence-electron chi connectivity index (χ3n) is 2.79. The maximum absolute atomic E-state index is 11.8. The maximum atomic E-state index is 11.8. The van der Waals surface area contributed by atoms with Gasteiger partial charge in [0, 0.05) is 12.5 Å². The number of rotatable bonds is 6. The zero-order chi connectivity index (χ0) is 13.6. The van der Waals surface area contributed by atoms with E-state index in [9.17, 15) is 4.79 Å². The number of hydrogen-bond acceptors (Lipinski definition) is 2. The highest BCUT2D eigenvalue weighted by Gasteiger charge is 2.27. The topological polar surface area (TPSA) is 26.3 Å². The Morgan fingerprint density at radius 3 is 2.39 bits per heavy atom. The molecule has 0 saturated carbocycles. The summed E-state index contributed by atoms with van der Waals surface area (Å²) in [7, 11) is -1.93. The van der Waals surface area contributed by atoms with Gasteiger partial charge in [-0.25, -0.2) is 0 Å². The molecular weight excluding hydrogens is 240 g/mol. The second kappa shape index (κ2) is 6.74. The molecule has 0 unspecified atom stereocenters. The van der Waals surface area contributed by atoms with Gasteiger partial charge in [0.15, 0.2) is 0 Å². The van der Waals surface area contributed by atoms with Gasteiger partial charge in [-0.3, -0.25) is 4.79 Å². The van der Waals surface area contributed by atoms with Crippen LogP contribution in [-0.2, 0) is 15.3 Å². The summed E-state index contributed by atoms with van der Waals surface area (Å²) in [5, 5.41) is 0. The van der Waals surface area contributed by atoms with Crippen molar-refractivity contribution in [1.29, 1.82) is 0 Å². The average Bonchev–Trinajstić information content (AvgIpc) is 2.26. The van der Waals surface area contributed by atoms with Gasteiger partial charge >= 0.3 is 0 Å². The SMILES string of the molecule is CC(C)CCC(=O)O[Si](C)(C)Cc1ccccc1. The second-order valence-corrected chi connectivity index (χ2v) is 9.91. The third-order valence-corrected chi connectivity index (χ3v) is 4.83. The Hall–Kier alpha value is -1.09. The van der Waals surface area contributed by atoms with Crippen LogP contribution < -0.4 is 0 Å². The summed E-state index contributed by atoms with van der Waals surface area (Å²) in [4.78, 5) is 11.8. The highest BCUT2D eigenvalue weighted by Crippen LogP contribution is 2.15. The molecule has 0 aliphatic heterocycles. The highest BCUT2D eigenvalue weighted by molar-refractivity contribution is 6.72. The molecule has 1 aromatic carbocycles. The van der Waals surface area contributed by atoms with Crippen LogP contribution in [0.15, 0.2) is 30.3 Å². The van der Waals surface area contributed by atoms with Crippen LogP contribution in [0.5, 0.6) is 0 Å². The Bertz CT molecular complexity index is 371. The fraction of sp³-hybridized carbons (Fsp3) is 0.533. The summed E-state index contributed by atoms with van der Waals surface area (Å²) in [6, 6.07) is 11.1. The third kappa shape index (κ3) is 6.01. The van der Waals surface area contributed by atoms with Crippen molar-refractivity contribution in [2.24, 2.45) is 5.92 Å². The van der Waals surface area contributed by atoms with E-state index < -0.39 is 8.32 Å². The minimum atomic E-state index is -1.93. The van der Waals surface area contributed by atoms with Crippen molar-refractivity contribution in [3.63, 3.8) is 0 Å². The fourth-order valence-corrected chi connectivity index (χ4v) is 3.90. The van der Waals surface area contributed by atoms with E-state index in [1.54, 1.807) is 0 Å². The van der Waals surface area contributed by atoms with E-state index in [4.69, 9.17) is 4.43 Å². The van der Waals surface area contributed by atoms with Crippen LogP contribution in [0.1, 0.15) is 32.3 Å². The van der Waals surface area contributed by atoms with E-state index in [0.717, 1.165) is 12.5 Å². The summed E-state index contributed by atoms with van der Waals surface area (Å²) >= 11 is 0. The van der Waals surface area contributed by atoms with E-state index in [0.29, 0.717) is 12.3 Å². The lowest BCUT2D eigenvalue weighted by Crippen LogP contribution is -2.36. The van der Waals surface area contributed by atoms with Crippen LogP contribution in [0.3, 0.4) is 0 Å². The summed E-state index contributed by atoms with van der Waals surface area (Å²) in [5.74, 6) is 0.521. The Kier molecular flexibility index (Phi) is 5.60. The number of carbonyl (C=O) groups excluding carboxylic acids is 1. The molecule has 100 valence electrons. The molecular formula is C15H24O2Si. The summed E-state index contributed by atoms with van der Waals surface area (Å²) in [6.07, 6.45) is 1.46. The molecule has 0 heterocycles. The van der Waals surface area contributed by atoms with E-state index >= 15 is 0 Å². The molecule has 0 atom stereocenters. The van der Waals surface area contributed by atoms with Gasteiger partial charge < -0.3 is 4.43 Å². The molecule has 2 nitrogen and oxygen atoms in total. The van der Waals surface area contributed by atoms with Gasteiger partial charge in [-0.15, -0.1) is 0 Å². The second-order valence-electron chi connectivity index (χ2n) is 5.83. The van der Waals surface area contributed by atoms with Crippen molar-refractivity contribution >= 4 is 14.3 Å². The highest BCUT2D eigenvalue weighted by atomic mass is 28.4. The van der Waals surface area contributed by atoms with E-state index in [-0.39, 0.29) is 5.97 Å². The lowest BCUT2D eigenvalue weighted by atomic mass is 10.1. The number of hydrogen-bond donors (Lipinski definition) is 0. The molecule has 0 amide bonds. The maximum Gasteiger partial charge on any atom is 0.292 e. The minimum absolute atomic E-state index is 0.0312. The quantitative estimate of drug-likeness (QED) is 0.727. The number of benzene rings is 1. The van der Waals surface area contributed by atoms with Crippen molar-refractivity contribution < 1.29 is 9.22 Å². The molecule has 0 aliphatic rings. The Labute approximate surface area is 111 Å². The molecule has 0 bridgehead atoms. The molecule has 0 N–H and O–H groups in total. The molecule has 0 aliphatic carbocycles. The van der Waals surface area contributed by atoms with Gasteiger partial charge in [0.25, 0.3) is 14.3 Å². The molecule has 18 heavy (non-hydrogen) atoms. The van der Waals surface area contributed by atoms with Crippen LogP contribution in [-0.4, -0.2) is 14.3 Å². The first-order chi connectivity index (χ1) is 8.39. The summed E-state index contributed by atoms with van der Waals surface area (Å²) in [6.45, 7) is 8.46. The molecule has 3 heteroatoms. The molecule has 0 spiro atoms. The van der Waals surface area contributed by atoms with Crippen molar-refractivity contribution in [1.82, 2.24) is 0 Å². The van der Waals surface area contributed by atoms with E-state index in [1.165, 1.54) is 5.56 Å².